The van der Waals surface area contributed by atoms with Gasteiger partial charge in [-0.2, -0.15) is 13.2 Å². The van der Waals surface area contributed by atoms with E-state index >= 15 is 0 Å². The van der Waals surface area contributed by atoms with Crippen molar-refractivity contribution in [3.8, 4) is 10.6 Å². The van der Waals surface area contributed by atoms with Gasteiger partial charge in [0, 0.05) is 11.3 Å². The van der Waals surface area contributed by atoms with Crippen LogP contribution in [0.1, 0.15) is 36.9 Å². The van der Waals surface area contributed by atoms with Crippen LogP contribution in [0.15, 0.2) is 42.5 Å². The number of thiazole rings is 1. The lowest BCUT2D eigenvalue weighted by atomic mass is 10.1. The van der Waals surface area contributed by atoms with E-state index in [1.54, 1.807) is 26.0 Å². The summed E-state index contributed by atoms with van der Waals surface area (Å²) in [4.78, 5) is 40.8. The minimum Gasteiger partial charge on any atom is -0.465 e. The zero-order valence-electron chi connectivity index (χ0n) is 18.3. The molecule has 3 aromatic rings. The number of ether oxygens (including phenoxy) is 2. The summed E-state index contributed by atoms with van der Waals surface area (Å²) in [6, 6.07) is 9.06. The van der Waals surface area contributed by atoms with Crippen LogP contribution >= 0.6 is 11.3 Å². The second kappa shape index (κ2) is 10.0. The summed E-state index contributed by atoms with van der Waals surface area (Å²) < 4.78 is 48.0. The van der Waals surface area contributed by atoms with Crippen LogP contribution in [0.2, 0.25) is 0 Å². The lowest BCUT2D eigenvalue weighted by Crippen LogP contribution is -2.21. The number of amides is 1. The summed E-state index contributed by atoms with van der Waals surface area (Å²) in [6.45, 7) is 2.70. The minimum absolute atomic E-state index is 0.131. The van der Waals surface area contributed by atoms with Crippen molar-refractivity contribution in [2.24, 2.45) is 0 Å². The third kappa shape index (κ3) is 5.79. The molecule has 0 radical (unpaired) electrons. The van der Waals surface area contributed by atoms with Crippen molar-refractivity contribution in [2.45, 2.75) is 20.0 Å². The smallest absolute Gasteiger partial charge is 0.416 e. The third-order valence-electron chi connectivity index (χ3n) is 4.71. The summed E-state index contributed by atoms with van der Waals surface area (Å²) in [5.74, 6) is -1.97. The van der Waals surface area contributed by atoms with Gasteiger partial charge < -0.3 is 14.8 Å². The molecule has 34 heavy (non-hydrogen) atoms. The van der Waals surface area contributed by atoms with Gasteiger partial charge in [-0.05, 0) is 43.7 Å². The lowest BCUT2D eigenvalue weighted by molar-refractivity contribution is -0.137. The molecule has 0 atom stereocenters. The lowest BCUT2D eigenvalue weighted by Gasteiger charge is -2.10. The number of aromatic nitrogens is 1. The molecule has 0 saturated heterocycles. The van der Waals surface area contributed by atoms with Gasteiger partial charge >= 0.3 is 18.1 Å². The molecule has 0 fully saturated rings. The average Bonchev–Trinajstić information content (AvgIpc) is 3.19. The number of benzene rings is 2. The summed E-state index contributed by atoms with van der Waals surface area (Å²) >= 11 is 0.950. The van der Waals surface area contributed by atoms with Gasteiger partial charge in [0.25, 0.3) is 5.91 Å². The highest BCUT2D eigenvalue weighted by molar-refractivity contribution is 7.17. The molecule has 1 amide bonds. The third-order valence-corrected chi connectivity index (χ3v) is 5.89. The molecule has 178 valence electrons. The van der Waals surface area contributed by atoms with Gasteiger partial charge in [-0.15, -0.1) is 11.3 Å². The molecule has 1 N–H and O–H groups in total. The highest BCUT2D eigenvalue weighted by Gasteiger charge is 2.30. The van der Waals surface area contributed by atoms with Crippen molar-refractivity contribution in [1.29, 1.82) is 0 Å². The molecule has 0 unspecified atom stereocenters. The molecule has 0 aliphatic heterocycles. The fourth-order valence-electron chi connectivity index (χ4n) is 2.90. The average molecular weight is 492 g/mol. The summed E-state index contributed by atoms with van der Waals surface area (Å²) in [5, 5.41) is 2.92. The molecule has 3 rings (SSSR count). The number of hydrogen-bond donors (Lipinski definition) is 1. The predicted molar refractivity (Wildman–Crippen MR) is 119 cm³/mol. The second-order valence-electron chi connectivity index (χ2n) is 7.15. The number of nitrogens with one attached hydrogen (secondary N) is 1. The van der Waals surface area contributed by atoms with E-state index in [9.17, 15) is 27.6 Å². The molecule has 0 bridgehead atoms. The molecule has 1 heterocycles. The highest BCUT2D eigenvalue weighted by atomic mass is 32.1. The molecule has 0 aliphatic rings. The van der Waals surface area contributed by atoms with E-state index < -0.39 is 36.2 Å². The van der Waals surface area contributed by atoms with Crippen LogP contribution in [0.4, 0.5) is 18.9 Å². The first-order chi connectivity index (χ1) is 16.0. The maximum absolute atomic E-state index is 12.7. The molecular weight excluding hydrogens is 473 g/mol. The zero-order chi connectivity index (χ0) is 25.0. The van der Waals surface area contributed by atoms with Crippen molar-refractivity contribution in [1.82, 2.24) is 4.98 Å². The number of esters is 2. The van der Waals surface area contributed by atoms with Gasteiger partial charge in [-0.25, -0.2) is 14.6 Å². The van der Waals surface area contributed by atoms with Crippen molar-refractivity contribution in [3.05, 3.63) is 69.7 Å². The number of nitrogens with zero attached hydrogens (tertiary/aromatic N) is 1. The van der Waals surface area contributed by atoms with Gasteiger partial charge in [-0.3, -0.25) is 4.79 Å². The number of anilines is 1. The van der Waals surface area contributed by atoms with Crippen LogP contribution in [0, 0.1) is 13.8 Å². The van der Waals surface area contributed by atoms with Crippen molar-refractivity contribution in [2.75, 3.05) is 19.0 Å². The van der Waals surface area contributed by atoms with Crippen LogP contribution in [-0.2, 0) is 20.4 Å². The Bertz CT molecular complexity index is 1240. The van der Waals surface area contributed by atoms with E-state index in [1.165, 1.54) is 25.3 Å². The topological polar surface area (TPSA) is 94.6 Å². The van der Waals surface area contributed by atoms with Crippen LogP contribution in [0.3, 0.4) is 0 Å². The molecular formula is C23H19F3N2O5S. The summed E-state index contributed by atoms with van der Waals surface area (Å²) in [5.41, 5.74) is 1.25. The SMILES string of the molecule is COC(=O)c1ccc(C)c(NC(=O)COC(=O)c2sc(-c3ccc(C(F)(F)F)cc3)nc2C)c1. The van der Waals surface area contributed by atoms with Crippen LogP contribution in [-0.4, -0.2) is 36.5 Å². The Hall–Kier alpha value is -3.73. The second-order valence-corrected chi connectivity index (χ2v) is 8.15. The maximum atomic E-state index is 12.7. The molecule has 0 spiro atoms. The van der Waals surface area contributed by atoms with E-state index in [0.717, 1.165) is 23.5 Å². The van der Waals surface area contributed by atoms with E-state index in [0.29, 0.717) is 27.5 Å². The summed E-state index contributed by atoms with van der Waals surface area (Å²) in [6.07, 6.45) is -4.45. The minimum atomic E-state index is -4.45. The number of halogens is 3. The first kappa shape index (κ1) is 24.9. The Morgan fingerprint density at radius 1 is 1.03 bits per heavy atom. The largest absolute Gasteiger partial charge is 0.465 e. The zero-order valence-corrected chi connectivity index (χ0v) is 19.1. The van der Waals surface area contributed by atoms with E-state index in [4.69, 9.17) is 4.74 Å². The number of carbonyl (C=O) groups is 3. The Labute approximate surface area is 196 Å². The maximum Gasteiger partial charge on any atom is 0.416 e. The molecule has 2 aromatic carbocycles. The quantitative estimate of drug-likeness (QED) is 0.485. The Balaban J connectivity index is 1.65. The number of hydrogen-bond acceptors (Lipinski definition) is 7. The van der Waals surface area contributed by atoms with Gasteiger partial charge in [0.15, 0.2) is 6.61 Å². The fraction of sp³-hybridized carbons (Fsp3) is 0.217. The Morgan fingerprint density at radius 2 is 1.71 bits per heavy atom. The normalized spacial score (nSPS) is 11.1. The molecule has 0 saturated carbocycles. The van der Waals surface area contributed by atoms with Crippen LogP contribution < -0.4 is 5.32 Å². The van der Waals surface area contributed by atoms with E-state index in [-0.39, 0.29) is 10.4 Å². The number of rotatable bonds is 6. The fourth-order valence-corrected chi connectivity index (χ4v) is 3.86. The monoisotopic (exact) mass is 492 g/mol. The first-order valence-electron chi connectivity index (χ1n) is 9.80. The van der Waals surface area contributed by atoms with Gasteiger partial charge in [0.1, 0.15) is 9.88 Å². The standard InChI is InChI=1S/C23H19F3N2O5S/c1-12-4-5-15(21(30)32-3)10-17(12)28-18(29)11-33-22(31)19-13(2)27-20(34-19)14-6-8-16(9-7-14)23(24,25)26/h4-10H,11H2,1-3H3,(H,28,29). The number of aryl methyl sites for hydroxylation is 2. The molecule has 7 nitrogen and oxygen atoms in total. The van der Waals surface area contributed by atoms with Gasteiger partial charge in [-0.1, -0.05) is 18.2 Å². The number of carbonyl (C=O) groups excluding carboxylic acids is 3. The van der Waals surface area contributed by atoms with Crippen LogP contribution in [0.5, 0.6) is 0 Å². The van der Waals surface area contributed by atoms with E-state index in [1.807, 2.05) is 0 Å². The first-order valence-corrected chi connectivity index (χ1v) is 10.6. The summed E-state index contributed by atoms with van der Waals surface area (Å²) in [7, 11) is 1.24. The Morgan fingerprint density at radius 3 is 2.32 bits per heavy atom. The van der Waals surface area contributed by atoms with E-state index in [2.05, 4.69) is 15.0 Å². The number of alkyl halides is 3. The van der Waals surface area contributed by atoms with Crippen molar-refractivity contribution in [3.63, 3.8) is 0 Å². The van der Waals surface area contributed by atoms with Gasteiger partial charge in [0.05, 0.1) is 23.9 Å². The Kier molecular flexibility index (Phi) is 7.35. The van der Waals surface area contributed by atoms with Gasteiger partial charge in [0.2, 0.25) is 0 Å². The molecule has 1 aromatic heterocycles. The van der Waals surface area contributed by atoms with Crippen molar-refractivity contribution < 1.29 is 37.0 Å². The van der Waals surface area contributed by atoms with Crippen molar-refractivity contribution >= 4 is 34.9 Å². The molecule has 0 aliphatic carbocycles. The number of methoxy groups -OCH3 is 1. The highest BCUT2D eigenvalue weighted by Crippen LogP contribution is 2.33. The van der Waals surface area contributed by atoms with Crippen LogP contribution in [0.25, 0.3) is 10.6 Å². The molecule has 11 heteroatoms. The predicted octanol–water partition coefficient (Wildman–Crippen LogP) is 5.03.